The molecular weight excluding hydrogens is 280 g/mol. The van der Waals surface area contributed by atoms with Gasteiger partial charge in [0.15, 0.2) is 0 Å². The third kappa shape index (κ3) is 4.66. The molecule has 0 aliphatic rings. The van der Waals surface area contributed by atoms with Crippen molar-refractivity contribution in [2.24, 2.45) is 0 Å². The fourth-order valence-electron chi connectivity index (χ4n) is 1.89. The van der Waals surface area contributed by atoms with Crippen LogP contribution in [0.15, 0.2) is 34.9 Å². The van der Waals surface area contributed by atoms with E-state index in [1.807, 2.05) is 18.2 Å². The molecule has 2 heterocycles. The minimum Gasteiger partial charge on any atom is -0.468 e. The van der Waals surface area contributed by atoms with Crippen molar-refractivity contribution in [3.63, 3.8) is 0 Å². The van der Waals surface area contributed by atoms with Gasteiger partial charge in [-0.1, -0.05) is 11.6 Å². The molecule has 0 saturated carbocycles. The van der Waals surface area contributed by atoms with Crippen LogP contribution in [-0.4, -0.2) is 25.0 Å². The molecule has 0 fully saturated rings. The van der Waals surface area contributed by atoms with Crippen molar-refractivity contribution in [1.82, 2.24) is 10.2 Å². The third-order valence-electron chi connectivity index (χ3n) is 2.97. The molecule has 3 nitrogen and oxygen atoms in total. The van der Waals surface area contributed by atoms with Gasteiger partial charge in [0.2, 0.25) is 0 Å². The van der Waals surface area contributed by atoms with Crippen molar-refractivity contribution in [2.45, 2.75) is 19.5 Å². The van der Waals surface area contributed by atoms with Gasteiger partial charge in [-0.05, 0) is 38.2 Å². The molecule has 0 aliphatic carbocycles. The Hall–Kier alpha value is -0.810. The van der Waals surface area contributed by atoms with Gasteiger partial charge in [-0.3, -0.25) is 0 Å². The maximum atomic E-state index is 5.92. The molecule has 0 spiro atoms. The summed E-state index contributed by atoms with van der Waals surface area (Å²) in [7, 11) is 2.12. The Balaban J connectivity index is 1.68. The van der Waals surface area contributed by atoms with Gasteiger partial charge in [0.25, 0.3) is 0 Å². The van der Waals surface area contributed by atoms with Crippen LogP contribution in [0.5, 0.6) is 0 Å². The number of furan rings is 1. The molecule has 104 valence electrons. The summed E-state index contributed by atoms with van der Waals surface area (Å²) in [4.78, 5) is 3.58. The monoisotopic (exact) mass is 298 g/mol. The molecule has 1 atom stereocenters. The molecule has 19 heavy (non-hydrogen) atoms. The SMILES string of the molecule is CC(NCCN(C)Cc1ccc(Cl)s1)c1ccco1. The smallest absolute Gasteiger partial charge is 0.120 e. The van der Waals surface area contributed by atoms with Crippen LogP contribution in [-0.2, 0) is 6.54 Å². The van der Waals surface area contributed by atoms with Gasteiger partial charge in [-0.25, -0.2) is 0 Å². The fraction of sp³-hybridized carbons (Fsp3) is 0.429. The first-order chi connectivity index (χ1) is 9.15. The van der Waals surface area contributed by atoms with E-state index >= 15 is 0 Å². The summed E-state index contributed by atoms with van der Waals surface area (Å²) in [6, 6.07) is 8.20. The predicted molar refractivity (Wildman–Crippen MR) is 80.8 cm³/mol. The van der Waals surface area contributed by atoms with Crippen LogP contribution >= 0.6 is 22.9 Å². The Morgan fingerprint density at radius 1 is 1.42 bits per heavy atom. The van der Waals surface area contributed by atoms with E-state index in [1.54, 1.807) is 17.6 Å². The highest BCUT2D eigenvalue weighted by Gasteiger charge is 2.08. The molecule has 2 aromatic heterocycles. The van der Waals surface area contributed by atoms with E-state index in [9.17, 15) is 0 Å². The highest BCUT2D eigenvalue weighted by Crippen LogP contribution is 2.22. The van der Waals surface area contributed by atoms with E-state index in [4.69, 9.17) is 16.0 Å². The number of hydrogen-bond acceptors (Lipinski definition) is 4. The van der Waals surface area contributed by atoms with Crippen LogP contribution in [0.25, 0.3) is 0 Å². The summed E-state index contributed by atoms with van der Waals surface area (Å²) in [5, 5.41) is 3.45. The van der Waals surface area contributed by atoms with Crippen molar-refractivity contribution in [3.8, 4) is 0 Å². The summed E-state index contributed by atoms with van der Waals surface area (Å²) in [5.74, 6) is 0.979. The average Bonchev–Trinajstić information content (AvgIpc) is 3.00. The first-order valence-corrected chi connectivity index (χ1v) is 7.54. The van der Waals surface area contributed by atoms with E-state index < -0.39 is 0 Å². The molecular formula is C14H19ClN2OS. The predicted octanol–water partition coefficient (Wildman–Crippen LogP) is 3.78. The Morgan fingerprint density at radius 2 is 2.26 bits per heavy atom. The quantitative estimate of drug-likeness (QED) is 0.843. The number of halogens is 1. The lowest BCUT2D eigenvalue weighted by molar-refractivity contribution is 0.315. The van der Waals surface area contributed by atoms with Gasteiger partial charge >= 0.3 is 0 Å². The zero-order valence-electron chi connectivity index (χ0n) is 11.2. The zero-order chi connectivity index (χ0) is 13.7. The first-order valence-electron chi connectivity index (χ1n) is 6.34. The molecule has 0 radical (unpaired) electrons. The maximum Gasteiger partial charge on any atom is 0.120 e. The van der Waals surface area contributed by atoms with Gasteiger partial charge in [0, 0.05) is 24.5 Å². The summed E-state index contributed by atoms with van der Waals surface area (Å²) >= 11 is 7.57. The van der Waals surface area contributed by atoms with Crippen LogP contribution in [0.1, 0.15) is 23.6 Å². The standard InChI is InChI=1S/C14H19ClN2OS/c1-11(13-4-3-9-18-13)16-7-8-17(2)10-12-5-6-14(15)19-12/h3-6,9,11,16H,7-8,10H2,1-2H3. The van der Waals surface area contributed by atoms with E-state index in [2.05, 4.69) is 30.3 Å². The van der Waals surface area contributed by atoms with Gasteiger partial charge < -0.3 is 14.6 Å². The molecule has 2 rings (SSSR count). The second-order valence-corrected chi connectivity index (χ2v) is 6.43. The van der Waals surface area contributed by atoms with Gasteiger partial charge in [0.05, 0.1) is 16.6 Å². The third-order valence-corrected chi connectivity index (χ3v) is 4.18. The Kier molecular flexibility index (Phi) is 5.45. The molecule has 1 N–H and O–H groups in total. The van der Waals surface area contributed by atoms with Crippen molar-refractivity contribution in [2.75, 3.05) is 20.1 Å². The molecule has 5 heteroatoms. The number of nitrogens with zero attached hydrogens (tertiary/aromatic N) is 1. The fourth-order valence-corrected chi connectivity index (χ4v) is 3.06. The van der Waals surface area contributed by atoms with Crippen LogP contribution in [0.2, 0.25) is 4.34 Å². The van der Waals surface area contributed by atoms with Crippen LogP contribution in [0.4, 0.5) is 0 Å². The van der Waals surface area contributed by atoms with E-state index in [-0.39, 0.29) is 6.04 Å². The van der Waals surface area contributed by atoms with Crippen LogP contribution < -0.4 is 5.32 Å². The zero-order valence-corrected chi connectivity index (χ0v) is 12.8. The normalized spacial score (nSPS) is 13.1. The molecule has 0 saturated heterocycles. The molecule has 0 aliphatic heterocycles. The highest BCUT2D eigenvalue weighted by molar-refractivity contribution is 7.16. The van der Waals surface area contributed by atoms with Gasteiger partial charge in [-0.15, -0.1) is 11.3 Å². The molecule has 0 aromatic carbocycles. The second kappa shape index (κ2) is 7.10. The number of rotatable bonds is 7. The Labute approximate surface area is 123 Å². The Bertz CT molecular complexity index is 483. The molecule has 1 unspecified atom stereocenters. The van der Waals surface area contributed by atoms with Gasteiger partial charge in [0.1, 0.15) is 5.76 Å². The maximum absolute atomic E-state index is 5.92. The van der Waals surface area contributed by atoms with Gasteiger partial charge in [-0.2, -0.15) is 0 Å². The Morgan fingerprint density at radius 3 is 2.89 bits per heavy atom. The summed E-state index contributed by atoms with van der Waals surface area (Å²) in [6.07, 6.45) is 1.71. The van der Waals surface area contributed by atoms with Crippen molar-refractivity contribution in [3.05, 3.63) is 45.5 Å². The van der Waals surface area contributed by atoms with Crippen LogP contribution in [0, 0.1) is 0 Å². The van der Waals surface area contributed by atoms with Crippen molar-refractivity contribution >= 4 is 22.9 Å². The largest absolute Gasteiger partial charge is 0.468 e. The highest BCUT2D eigenvalue weighted by atomic mass is 35.5. The molecule has 0 amide bonds. The average molecular weight is 299 g/mol. The van der Waals surface area contributed by atoms with E-state index in [0.717, 1.165) is 29.7 Å². The lowest BCUT2D eigenvalue weighted by Crippen LogP contribution is -2.30. The summed E-state index contributed by atoms with van der Waals surface area (Å²) in [5.41, 5.74) is 0. The first kappa shape index (κ1) is 14.6. The van der Waals surface area contributed by atoms with Crippen molar-refractivity contribution in [1.29, 1.82) is 0 Å². The minimum absolute atomic E-state index is 0.250. The summed E-state index contributed by atoms with van der Waals surface area (Å²) in [6.45, 7) is 4.96. The van der Waals surface area contributed by atoms with E-state index in [0.29, 0.717) is 0 Å². The second-order valence-electron chi connectivity index (χ2n) is 4.63. The number of hydrogen-bond donors (Lipinski definition) is 1. The lowest BCUT2D eigenvalue weighted by Gasteiger charge is -2.17. The van der Waals surface area contributed by atoms with E-state index in [1.165, 1.54) is 4.88 Å². The topological polar surface area (TPSA) is 28.4 Å². The number of thiophene rings is 1. The lowest BCUT2D eigenvalue weighted by atomic mass is 10.2. The van der Waals surface area contributed by atoms with Crippen LogP contribution in [0.3, 0.4) is 0 Å². The molecule has 2 aromatic rings. The minimum atomic E-state index is 0.250. The van der Waals surface area contributed by atoms with Crippen molar-refractivity contribution < 1.29 is 4.42 Å². The summed E-state index contributed by atoms with van der Waals surface area (Å²) < 4.78 is 6.22. The molecule has 0 bridgehead atoms. The number of nitrogens with one attached hydrogen (secondary N) is 1. The number of likely N-dealkylation sites (N-methyl/N-ethyl adjacent to an activating group) is 1.